The molecule has 0 fully saturated rings. The second-order valence-corrected chi connectivity index (χ2v) is 25.7. The topological polar surface area (TPSA) is 60.7 Å². The summed E-state index contributed by atoms with van der Waals surface area (Å²) in [6.45, 7) is 52.4. The van der Waals surface area contributed by atoms with Crippen LogP contribution in [0, 0.1) is 83.1 Å². The van der Waals surface area contributed by atoms with Crippen LogP contribution >= 0.6 is 27.7 Å². The Hall–Kier alpha value is -4.23. The van der Waals surface area contributed by atoms with Gasteiger partial charge in [0.05, 0.1) is 0 Å². The Bertz CT molecular complexity index is 2230. The first-order valence-electron chi connectivity index (χ1n) is 28.4. The van der Waals surface area contributed by atoms with Gasteiger partial charge in [-0.25, -0.2) is 0 Å². The minimum absolute atomic E-state index is 0.623. The minimum atomic E-state index is -2.17. The molecule has 3 nitrogen and oxygen atoms in total. The molecule has 3 atom stereocenters. The minimum Gasteiger partial charge on any atom is -0.402 e. The molecule has 0 bridgehead atoms. The molecule has 0 aliphatic heterocycles. The lowest BCUT2D eigenvalue weighted by Crippen LogP contribution is -2.07. The maximum absolute atomic E-state index is 7.17. The van der Waals surface area contributed by atoms with Crippen LogP contribution in [0.4, 0.5) is 0 Å². The molecular weight excluding hydrogens is 1020 g/mol. The Morgan fingerprint density at radius 1 is 0.215 bits per heavy atom. The van der Waals surface area contributed by atoms with Gasteiger partial charge >= 0.3 is 7.32 Å². The van der Waals surface area contributed by atoms with Crippen LogP contribution in [0.5, 0.6) is 0 Å². The fourth-order valence-corrected chi connectivity index (χ4v) is 10.1. The monoisotopic (exact) mass is 1120 g/mol. The van der Waals surface area contributed by atoms with E-state index in [0.29, 0.717) is 35.5 Å². The molecule has 3 unspecified atom stereocenters. The average Bonchev–Trinajstić information content (AvgIpc) is 3.27. The molecule has 432 valence electrons. The molecule has 0 amide bonds. The van der Waals surface area contributed by atoms with Gasteiger partial charge in [-0.05, 0) is 168 Å². The van der Waals surface area contributed by atoms with Crippen molar-refractivity contribution in [2.24, 2.45) is 0 Å². The van der Waals surface area contributed by atoms with Crippen molar-refractivity contribution in [3.63, 3.8) is 0 Å². The van der Waals surface area contributed by atoms with Crippen molar-refractivity contribution in [3.8, 4) is 0 Å². The normalized spacial score (nSPS) is 10.3. The molecule has 0 saturated carbocycles. The van der Waals surface area contributed by atoms with Gasteiger partial charge in [-0.3, -0.25) is 0 Å². The lowest BCUT2D eigenvalue weighted by molar-refractivity contribution is 0.278. The highest BCUT2D eigenvalue weighted by Gasteiger charge is 2.07. The van der Waals surface area contributed by atoms with Crippen LogP contribution in [0.3, 0.4) is 0 Å². The quantitative estimate of drug-likeness (QED) is 0.115. The van der Waals surface area contributed by atoms with Crippen molar-refractivity contribution in [1.82, 2.24) is 0 Å². The van der Waals surface area contributed by atoms with Gasteiger partial charge in [0.2, 0.25) is 0 Å². The molecule has 0 spiro atoms. The Morgan fingerprint density at radius 3 is 0.380 bits per heavy atom. The Kier molecular flexibility index (Phi) is 36.4. The molecule has 0 radical (unpaired) electrons. The van der Waals surface area contributed by atoms with Crippen molar-refractivity contribution in [3.05, 3.63) is 228 Å². The van der Waals surface area contributed by atoms with E-state index >= 15 is 0 Å². The number of hydrogen-bond donors (Lipinski definition) is 3. The smallest absolute Gasteiger partial charge is 0.402 e. The molecule has 7 rings (SSSR count). The molecule has 0 saturated heterocycles. The van der Waals surface area contributed by atoms with Crippen molar-refractivity contribution in [2.75, 3.05) is 0 Å². The van der Waals surface area contributed by atoms with Crippen LogP contribution in [-0.4, -0.2) is 22.4 Å². The van der Waals surface area contributed by atoms with Gasteiger partial charge < -0.3 is 15.1 Å². The Balaban J connectivity index is 0.000000893. The van der Waals surface area contributed by atoms with Crippen LogP contribution < -0.4 is 15.9 Å². The molecule has 7 aromatic carbocycles. The average molecular weight is 1130 g/mol. The summed E-state index contributed by atoms with van der Waals surface area (Å²) < 4.78 is 0. The zero-order chi connectivity index (χ0) is 61.0. The summed E-state index contributed by atoms with van der Waals surface area (Å²) in [5.74, 6) is 3.74. The summed E-state index contributed by atoms with van der Waals surface area (Å²) in [5.41, 5.74) is 24.9. The standard InChI is InChI=1S/3C12H19P.4C9H12.BH3O3/c3*1-8(2)10-5-11(9(3)4)7-12(13)6-10;4*1-7-4-8(2)6-9(3)5-7;2-1(3)4/h3*5-9H,13H2,1-4H3;4*4-6H,1-3H3;2-4H. The third kappa shape index (κ3) is 35.3. The van der Waals surface area contributed by atoms with Gasteiger partial charge in [0, 0.05) is 0 Å². The highest BCUT2D eigenvalue weighted by atomic mass is 31.0. The van der Waals surface area contributed by atoms with E-state index in [9.17, 15) is 0 Å². The van der Waals surface area contributed by atoms with Gasteiger partial charge in [0.1, 0.15) is 0 Å². The number of aryl methyl sites for hydroxylation is 12. The van der Waals surface area contributed by atoms with Crippen molar-refractivity contribution < 1.29 is 15.1 Å². The van der Waals surface area contributed by atoms with E-state index in [4.69, 9.17) is 15.1 Å². The summed E-state index contributed by atoms with van der Waals surface area (Å²) in [7, 11) is 6.20. The molecule has 0 aliphatic carbocycles. The van der Waals surface area contributed by atoms with E-state index in [2.05, 4.69) is 321 Å². The predicted octanol–water partition coefficient (Wildman–Crippen LogP) is 18.7. The third-order valence-corrected chi connectivity index (χ3v) is 13.5. The largest absolute Gasteiger partial charge is 0.631 e. The first-order valence-corrected chi connectivity index (χ1v) is 30.2. The van der Waals surface area contributed by atoms with Gasteiger partial charge in [-0.2, -0.15) is 0 Å². The van der Waals surface area contributed by atoms with Crippen molar-refractivity contribution in [2.45, 2.75) is 202 Å². The van der Waals surface area contributed by atoms with Gasteiger partial charge in [0.15, 0.2) is 0 Å². The zero-order valence-electron chi connectivity index (χ0n) is 53.7. The number of rotatable bonds is 6. The number of hydrogen-bond acceptors (Lipinski definition) is 3. The highest BCUT2D eigenvalue weighted by Crippen LogP contribution is 2.23. The van der Waals surface area contributed by atoms with Gasteiger partial charge in [-0.15, -0.1) is 27.7 Å². The fraction of sp³-hybridized carbons (Fsp3) is 0.417. The fourth-order valence-electron chi connectivity index (χ4n) is 8.92. The third-order valence-electron chi connectivity index (χ3n) is 12.5. The Labute approximate surface area is 492 Å². The van der Waals surface area contributed by atoms with Crippen LogP contribution in [0.1, 0.15) is 219 Å². The maximum Gasteiger partial charge on any atom is 0.631 e. The summed E-state index contributed by atoms with van der Waals surface area (Å²) in [5, 5.41) is 25.4. The summed E-state index contributed by atoms with van der Waals surface area (Å²) in [4.78, 5) is 0. The zero-order valence-corrected chi connectivity index (χ0v) is 57.2. The van der Waals surface area contributed by atoms with E-state index in [0.717, 1.165) is 0 Å². The summed E-state index contributed by atoms with van der Waals surface area (Å²) >= 11 is 0. The van der Waals surface area contributed by atoms with Crippen LogP contribution in [0.25, 0.3) is 0 Å². The molecule has 3 N–H and O–H groups in total. The van der Waals surface area contributed by atoms with Crippen LogP contribution in [0.15, 0.2) is 127 Å². The maximum atomic E-state index is 7.17. The lowest BCUT2D eigenvalue weighted by Gasteiger charge is -2.12. The molecule has 0 aromatic heterocycles. The molecule has 0 heterocycles. The SMILES string of the molecule is CC(C)c1cc(P)cc(C(C)C)c1.CC(C)c1cc(P)cc(C(C)C)c1.CC(C)c1cc(P)cc(C(C)C)c1.Cc1cc(C)cc(C)c1.Cc1cc(C)cc(C)c1.Cc1cc(C)cc(C)c1.Cc1cc(C)cc(C)c1.OB(O)O. The van der Waals surface area contributed by atoms with E-state index in [-0.39, 0.29) is 0 Å². The van der Waals surface area contributed by atoms with Gasteiger partial charge in [0.25, 0.3) is 0 Å². The lowest BCUT2D eigenvalue weighted by atomic mass is 9.96. The molecular formula is C72H108BO3P3. The van der Waals surface area contributed by atoms with Crippen molar-refractivity contribution >= 4 is 51.0 Å². The molecule has 79 heavy (non-hydrogen) atoms. The molecule has 7 heteroatoms. The second kappa shape index (κ2) is 38.5. The van der Waals surface area contributed by atoms with Crippen molar-refractivity contribution in [1.29, 1.82) is 0 Å². The molecule has 7 aromatic rings. The summed E-state index contributed by atoms with van der Waals surface area (Å²) in [6.07, 6.45) is 0. The van der Waals surface area contributed by atoms with Gasteiger partial charge in [-0.1, -0.05) is 277 Å². The van der Waals surface area contributed by atoms with E-state index < -0.39 is 7.32 Å². The number of benzene rings is 7. The van der Waals surface area contributed by atoms with E-state index in [1.54, 1.807) is 0 Å². The van der Waals surface area contributed by atoms with E-state index in [1.807, 2.05) is 0 Å². The highest BCUT2D eigenvalue weighted by molar-refractivity contribution is 7.27. The van der Waals surface area contributed by atoms with Crippen LogP contribution in [-0.2, 0) is 0 Å². The van der Waals surface area contributed by atoms with E-state index in [1.165, 1.54) is 116 Å². The molecule has 0 aliphatic rings. The first kappa shape index (κ1) is 74.8. The van der Waals surface area contributed by atoms with Crippen LogP contribution in [0.2, 0.25) is 0 Å². The first-order chi connectivity index (χ1) is 36.5. The Morgan fingerprint density at radius 2 is 0.304 bits per heavy atom. The predicted molar refractivity (Wildman–Crippen MR) is 367 cm³/mol. The second-order valence-electron chi connectivity index (χ2n) is 23.7. The summed E-state index contributed by atoms with van der Waals surface area (Å²) in [6, 6.07) is 46.7.